The van der Waals surface area contributed by atoms with Crippen molar-refractivity contribution in [1.29, 1.82) is 0 Å². The van der Waals surface area contributed by atoms with Gasteiger partial charge in [-0.15, -0.1) is 0 Å². The number of carbonyl (C=O) groups is 3. The van der Waals surface area contributed by atoms with Gasteiger partial charge in [-0.05, 0) is 31.2 Å². The second-order valence-corrected chi connectivity index (χ2v) is 6.99. The number of urea groups is 1. The molecule has 1 unspecified atom stereocenters. The number of para-hydroxylation sites is 2. The van der Waals surface area contributed by atoms with Crippen molar-refractivity contribution < 1.29 is 23.7 Å². The predicted octanol–water partition coefficient (Wildman–Crippen LogP) is 2.33. The largest absolute Gasteiger partial charge is 0.501 e. The number of methoxy groups -OCH3 is 1. The van der Waals surface area contributed by atoms with Crippen molar-refractivity contribution in [2.45, 2.75) is 11.8 Å². The molecule has 1 aliphatic heterocycles. The molecule has 7 nitrogen and oxygen atoms in total. The van der Waals surface area contributed by atoms with E-state index in [4.69, 9.17) is 4.74 Å². The fourth-order valence-electron chi connectivity index (χ4n) is 2.98. The lowest BCUT2D eigenvalue weighted by Crippen LogP contribution is -2.52. The number of halogens is 1. The Morgan fingerprint density at radius 1 is 1.33 bits per heavy atom. The van der Waals surface area contributed by atoms with Crippen molar-refractivity contribution in [1.82, 2.24) is 4.90 Å². The van der Waals surface area contributed by atoms with E-state index in [0.717, 1.165) is 4.90 Å². The Morgan fingerprint density at radius 2 is 2.07 bits per heavy atom. The number of amides is 4. The summed E-state index contributed by atoms with van der Waals surface area (Å²) in [6, 6.07) is 6.50. The number of anilines is 1. The molecule has 0 bridgehead atoms. The maximum absolute atomic E-state index is 12.7. The van der Waals surface area contributed by atoms with E-state index in [1.165, 1.54) is 11.7 Å². The van der Waals surface area contributed by atoms with Gasteiger partial charge >= 0.3 is 11.9 Å². The number of imide groups is 1. The molecular formula is C19H19BrN3O4+. The molecule has 0 radical (unpaired) electrons. The maximum Gasteiger partial charge on any atom is 0.501 e. The number of hydrogen-bond donors (Lipinski definition) is 1. The lowest BCUT2D eigenvalue weighted by atomic mass is 10.00. The highest BCUT2D eigenvalue weighted by molar-refractivity contribution is 9.09. The fourth-order valence-corrected chi connectivity index (χ4v) is 3.40. The highest BCUT2D eigenvalue weighted by atomic mass is 79.9. The van der Waals surface area contributed by atoms with Gasteiger partial charge in [0.1, 0.15) is 17.0 Å². The van der Waals surface area contributed by atoms with Crippen LogP contribution in [0, 0.1) is 0 Å². The molecule has 27 heavy (non-hydrogen) atoms. The summed E-state index contributed by atoms with van der Waals surface area (Å²) in [5, 5.41) is 2.75. The van der Waals surface area contributed by atoms with E-state index in [0.29, 0.717) is 22.7 Å². The highest BCUT2D eigenvalue weighted by Crippen LogP contribution is 2.24. The van der Waals surface area contributed by atoms with E-state index >= 15 is 0 Å². The van der Waals surface area contributed by atoms with E-state index in [1.54, 1.807) is 43.3 Å². The van der Waals surface area contributed by atoms with Crippen molar-refractivity contribution >= 4 is 45.2 Å². The number of nitrogens with one attached hydrogen (secondary N) is 1. The molecule has 0 spiro atoms. The Bertz CT molecular complexity index is 904. The molecular weight excluding hydrogens is 414 g/mol. The van der Waals surface area contributed by atoms with Crippen LogP contribution in [0.15, 0.2) is 48.1 Å². The van der Waals surface area contributed by atoms with Crippen LogP contribution in [0.4, 0.5) is 10.5 Å². The summed E-state index contributed by atoms with van der Waals surface area (Å²) in [5.74, 6) is -0.221. The third kappa shape index (κ3) is 3.71. The Kier molecular flexibility index (Phi) is 5.55. The average Bonchev–Trinajstić information content (AvgIpc) is 2.66. The van der Waals surface area contributed by atoms with Crippen LogP contribution in [0.3, 0.4) is 0 Å². The molecule has 0 saturated carbocycles. The van der Waals surface area contributed by atoms with Gasteiger partial charge in [0, 0.05) is 0 Å². The van der Waals surface area contributed by atoms with Gasteiger partial charge in [-0.25, -0.2) is 4.79 Å². The van der Waals surface area contributed by atoms with Gasteiger partial charge in [0.05, 0.1) is 24.2 Å². The highest BCUT2D eigenvalue weighted by Gasteiger charge is 2.44. The van der Waals surface area contributed by atoms with Gasteiger partial charge < -0.3 is 10.1 Å². The van der Waals surface area contributed by atoms with Crippen molar-refractivity contribution in [3.05, 3.63) is 48.1 Å². The normalized spacial score (nSPS) is 19.0. The van der Waals surface area contributed by atoms with Crippen LogP contribution < -0.4 is 10.1 Å². The lowest BCUT2D eigenvalue weighted by Gasteiger charge is -2.24. The molecule has 1 aromatic rings. The summed E-state index contributed by atoms with van der Waals surface area (Å²) in [6.45, 7) is 1.73. The van der Waals surface area contributed by atoms with E-state index in [9.17, 15) is 14.4 Å². The number of allylic oxidation sites excluding steroid dienone is 3. The van der Waals surface area contributed by atoms with Crippen molar-refractivity contribution in [2.24, 2.45) is 0 Å². The Morgan fingerprint density at radius 3 is 2.78 bits per heavy atom. The van der Waals surface area contributed by atoms with Gasteiger partial charge in [-0.3, -0.25) is 4.79 Å². The number of benzene rings is 1. The average molecular weight is 433 g/mol. The fraction of sp³-hybridized carbons (Fsp3) is 0.263. The molecule has 4 amide bonds. The molecule has 1 N–H and O–H groups in total. The van der Waals surface area contributed by atoms with Crippen LogP contribution in [0.5, 0.6) is 5.75 Å². The monoisotopic (exact) mass is 432 g/mol. The molecule has 2 aliphatic rings. The third-order valence-electron chi connectivity index (χ3n) is 4.27. The minimum absolute atomic E-state index is 0.101. The smallest absolute Gasteiger partial charge is 0.495 e. The van der Waals surface area contributed by atoms with Gasteiger partial charge in [0.25, 0.3) is 5.91 Å². The lowest BCUT2D eigenvalue weighted by molar-refractivity contribution is -0.424. The van der Waals surface area contributed by atoms with Crippen LogP contribution in [0.2, 0.25) is 0 Å². The second kappa shape index (κ2) is 7.87. The zero-order valence-electron chi connectivity index (χ0n) is 14.9. The standard InChI is InChI=1S/C19H18BrN3O4/c1-3-22-18(25)13-10-12(20)8-9-15(13)23(19(22)26)11-17(24)21-14-6-4-5-7-16(14)27-2/h4-10,12H,3,11H2,1-2H3/p+1. The molecule has 3 rings (SSSR count). The molecule has 1 aliphatic carbocycles. The predicted molar refractivity (Wildman–Crippen MR) is 104 cm³/mol. The van der Waals surface area contributed by atoms with Crippen molar-refractivity contribution in [3.8, 4) is 5.75 Å². The molecule has 0 saturated heterocycles. The van der Waals surface area contributed by atoms with Crippen LogP contribution >= 0.6 is 15.9 Å². The van der Waals surface area contributed by atoms with Gasteiger partial charge in [0.15, 0.2) is 6.54 Å². The van der Waals surface area contributed by atoms with Crippen LogP contribution in [0.1, 0.15) is 6.92 Å². The number of ether oxygens (including phenoxy) is 1. The van der Waals surface area contributed by atoms with Crippen LogP contribution in [-0.2, 0) is 9.59 Å². The number of hydrogen-bond acceptors (Lipinski definition) is 4. The maximum atomic E-state index is 12.7. The van der Waals surface area contributed by atoms with Crippen molar-refractivity contribution in [2.75, 3.05) is 25.5 Å². The molecule has 8 heteroatoms. The first-order valence-electron chi connectivity index (χ1n) is 8.44. The molecule has 140 valence electrons. The quantitative estimate of drug-likeness (QED) is 0.571. The summed E-state index contributed by atoms with van der Waals surface area (Å²) in [6.07, 6.45) is 5.23. The van der Waals surface area contributed by atoms with E-state index in [2.05, 4.69) is 21.2 Å². The number of likely N-dealkylation sites (N-methyl/N-ethyl adjacent to an activating group) is 1. The molecule has 0 aromatic heterocycles. The number of fused-ring (bicyclic) bond motifs is 1. The molecule has 1 heterocycles. The zero-order valence-corrected chi connectivity index (χ0v) is 16.5. The van der Waals surface area contributed by atoms with E-state index in [-0.39, 0.29) is 29.7 Å². The summed E-state index contributed by atoms with van der Waals surface area (Å²) in [5.41, 5.74) is 1.35. The Balaban J connectivity index is 1.91. The Labute approximate surface area is 165 Å². The van der Waals surface area contributed by atoms with Crippen LogP contribution in [-0.4, -0.2) is 58.1 Å². The van der Waals surface area contributed by atoms with Gasteiger partial charge in [0.2, 0.25) is 0 Å². The number of carbonyl (C=O) groups excluding carboxylic acids is 3. The summed E-state index contributed by atoms with van der Waals surface area (Å²) >= 11 is 3.42. The summed E-state index contributed by atoms with van der Waals surface area (Å²) in [7, 11) is 1.51. The van der Waals surface area contributed by atoms with Crippen LogP contribution in [0.25, 0.3) is 0 Å². The first-order chi connectivity index (χ1) is 13.0. The Hall–Kier alpha value is -2.74. The van der Waals surface area contributed by atoms with E-state index < -0.39 is 6.03 Å². The third-order valence-corrected chi connectivity index (χ3v) is 4.84. The number of rotatable bonds is 5. The van der Waals surface area contributed by atoms with E-state index in [1.807, 2.05) is 6.08 Å². The van der Waals surface area contributed by atoms with Gasteiger partial charge in [-0.1, -0.05) is 34.1 Å². The van der Waals surface area contributed by atoms with Gasteiger partial charge in [-0.2, -0.15) is 14.3 Å². The summed E-state index contributed by atoms with van der Waals surface area (Å²) < 4.78 is 6.54. The minimum atomic E-state index is -0.512. The zero-order chi connectivity index (χ0) is 19.6. The number of nitrogens with zero attached hydrogens (tertiary/aromatic N) is 2. The second-order valence-electron chi connectivity index (χ2n) is 5.94. The molecule has 1 atom stereocenters. The SMILES string of the molecule is CCN1C(=O)C2=CC(Br)C=CC2=[N+](CC(=O)Nc2ccccc2OC)C1=O. The number of alkyl halides is 1. The first kappa shape index (κ1) is 19.0. The minimum Gasteiger partial charge on any atom is -0.495 e. The van der Waals surface area contributed by atoms with Crippen molar-refractivity contribution in [3.63, 3.8) is 0 Å². The molecule has 1 aromatic carbocycles. The first-order valence-corrected chi connectivity index (χ1v) is 9.35. The topological polar surface area (TPSA) is 78.7 Å². The summed E-state index contributed by atoms with van der Waals surface area (Å²) in [4.78, 5) is 38.9. The molecule has 0 fully saturated rings.